The van der Waals surface area contributed by atoms with Crippen LogP contribution in [0.15, 0.2) is 53.2 Å². The van der Waals surface area contributed by atoms with Crippen molar-refractivity contribution < 1.29 is 24.2 Å². The molecule has 1 aliphatic heterocycles. The first kappa shape index (κ1) is 24.6. The van der Waals surface area contributed by atoms with E-state index in [1.165, 1.54) is 41.6 Å². The van der Waals surface area contributed by atoms with Gasteiger partial charge in [0.2, 0.25) is 5.91 Å². The van der Waals surface area contributed by atoms with Crippen LogP contribution in [0.25, 0.3) is 0 Å². The maximum absolute atomic E-state index is 14.0. The van der Waals surface area contributed by atoms with Gasteiger partial charge in [-0.2, -0.15) is 0 Å². The van der Waals surface area contributed by atoms with E-state index in [4.69, 9.17) is 16.3 Å². The number of benzene rings is 1. The van der Waals surface area contributed by atoms with Crippen molar-refractivity contribution in [1.82, 2.24) is 4.90 Å². The summed E-state index contributed by atoms with van der Waals surface area (Å²) in [5.74, 6) is -3.49. The summed E-state index contributed by atoms with van der Waals surface area (Å²) in [7, 11) is 1.39. The number of likely N-dealkylation sites (tertiary alicyclic amines) is 1. The van der Waals surface area contributed by atoms with Crippen molar-refractivity contribution in [3.05, 3.63) is 79.1 Å². The lowest BCUT2D eigenvalue weighted by Gasteiger charge is -2.37. The second-order valence-electron chi connectivity index (χ2n) is 8.46. The molecule has 4 rings (SSSR count). The monoisotopic (exact) mass is 517 g/mol. The number of aliphatic carboxylic acids is 1. The Morgan fingerprint density at radius 3 is 2.35 bits per heavy atom. The fraction of sp³-hybridized carbons (Fsp3) is 0.320. The van der Waals surface area contributed by atoms with Crippen LogP contribution in [0.1, 0.15) is 44.6 Å². The Morgan fingerprint density at radius 2 is 1.82 bits per heavy atom. The second-order valence-corrected chi connectivity index (χ2v) is 10.8. The molecule has 0 bridgehead atoms. The van der Waals surface area contributed by atoms with Gasteiger partial charge >= 0.3 is 5.97 Å². The molecular weight excluding hydrogens is 494 g/mol. The van der Waals surface area contributed by atoms with Gasteiger partial charge in [0.05, 0.1) is 16.8 Å². The van der Waals surface area contributed by atoms with Crippen LogP contribution >= 0.6 is 34.3 Å². The van der Waals surface area contributed by atoms with Gasteiger partial charge in [0, 0.05) is 22.9 Å². The number of halogens is 1. The topological polar surface area (TPSA) is 83.9 Å². The van der Waals surface area contributed by atoms with Crippen LogP contribution in [-0.4, -0.2) is 46.9 Å². The Labute approximate surface area is 210 Å². The van der Waals surface area contributed by atoms with E-state index in [2.05, 4.69) is 0 Å². The first-order valence-electron chi connectivity index (χ1n) is 10.6. The van der Waals surface area contributed by atoms with E-state index >= 15 is 0 Å². The zero-order valence-electron chi connectivity index (χ0n) is 18.9. The zero-order valence-corrected chi connectivity index (χ0v) is 21.2. The number of ether oxygens (including phenoxy) is 1. The minimum absolute atomic E-state index is 0.187. The second kappa shape index (κ2) is 9.62. The molecule has 0 radical (unpaired) electrons. The molecule has 1 amide bonds. The summed E-state index contributed by atoms with van der Waals surface area (Å²) in [4.78, 5) is 43.2. The SMILES string of the molecule is COCC(=O)N1C(c2sccc2C)C(C(=O)c2cccs2)C(c2ccc(Cl)cc2)C1(C)C(=O)O. The van der Waals surface area contributed by atoms with Crippen molar-refractivity contribution in [3.63, 3.8) is 0 Å². The van der Waals surface area contributed by atoms with E-state index in [0.29, 0.717) is 15.5 Å². The Morgan fingerprint density at radius 1 is 1.12 bits per heavy atom. The number of carbonyl (C=O) groups is 3. The lowest BCUT2D eigenvalue weighted by atomic mass is 9.73. The van der Waals surface area contributed by atoms with Crippen molar-refractivity contribution in [2.75, 3.05) is 13.7 Å². The zero-order chi connectivity index (χ0) is 24.6. The van der Waals surface area contributed by atoms with Gasteiger partial charge < -0.3 is 14.7 Å². The van der Waals surface area contributed by atoms with Crippen LogP contribution in [-0.2, 0) is 14.3 Å². The first-order valence-corrected chi connectivity index (χ1v) is 12.8. The van der Waals surface area contributed by atoms with Crippen LogP contribution in [0.5, 0.6) is 0 Å². The molecule has 1 aromatic carbocycles. The molecule has 1 fully saturated rings. The summed E-state index contributed by atoms with van der Waals surface area (Å²) in [6, 6.07) is 11.5. The number of amides is 1. The molecule has 1 N–H and O–H groups in total. The lowest BCUT2D eigenvalue weighted by Crippen LogP contribution is -2.55. The fourth-order valence-corrected chi connectivity index (χ4v) is 6.93. The Balaban J connectivity index is 2.03. The van der Waals surface area contributed by atoms with Crippen LogP contribution in [0.2, 0.25) is 5.02 Å². The number of carbonyl (C=O) groups excluding carboxylic acids is 2. The summed E-state index contributed by atoms with van der Waals surface area (Å²) in [6.07, 6.45) is 0. The molecule has 1 saturated heterocycles. The van der Waals surface area contributed by atoms with Gasteiger partial charge in [-0.15, -0.1) is 22.7 Å². The van der Waals surface area contributed by atoms with Gasteiger partial charge in [0.1, 0.15) is 12.1 Å². The van der Waals surface area contributed by atoms with Gasteiger partial charge in [-0.05, 0) is 60.0 Å². The number of ketones is 1. The van der Waals surface area contributed by atoms with Crippen LogP contribution in [0, 0.1) is 12.8 Å². The van der Waals surface area contributed by atoms with E-state index in [-0.39, 0.29) is 12.4 Å². The molecule has 4 unspecified atom stereocenters. The Hall–Kier alpha value is -2.52. The minimum Gasteiger partial charge on any atom is -0.479 e. The molecule has 0 spiro atoms. The summed E-state index contributed by atoms with van der Waals surface area (Å²) in [6.45, 7) is 3.14. The third kappa shape index (κ3) is 3.98. The molecule has 0 saturated carbocycles. The van der Waals surface area contributed by atoms with E-state index in [9.17, 15) is 19.5 Å². The molecule has 4 atom stereocenters. The predicted octanol–water partition coefficient (Wildman–Crippen LogP) is 5.43. The number of hydrogen-bond donors (Lipinski definition) is 1. The fourth-order valence-electron chi connectivity index (χ4n) is 5.02. The van der Waals surface area contributed by atoms with Gasteiger partial charge in [-0.1, -0.05) is 29.8 Å². The highest BCUT2D eigenvalue weighted by Crippen LogP contribution is 2.57. The maximum atomic E-state index is 14.0. The molecule has 3 heterocycles. The van der Waals surface area contributed by atoms with E-state index in [1.54, 1.807) is 36.4 Å². The normalized spacial score (nSPS) is 24.4. The Bertz CT molecular complexity index is 1210. The molecule has 6 nitrogen and oxygen atoms in total. The number of thiophene rings is 2. The van der Waals surface area contributed by atoms with E-state index < -0.39 is 35.3 Å². The summed E-state index contributed by atoms with van der Waals surface area (Å²) in [5, 5.41) is 14.8. The number of carboxylic acid groups (broad SMARTS) is 1. The first-order chi connectivity index (χ1) is 16.2. The summed E-state index contributed by atoms with van der Waals surface area (Å²) in [5.41, 5.74) is -0.169. The van der Waals surface area contributed by atoms with Crippen LogP contribution < -0.4 is 0 Å². The molecule has 2 aromatic heterocycles. The highest BCUT2D eigenvalue weighted by atomic mass is 35.5. The molecular formula is C25H24ClNO5S2. The lowest BCUT2D eigenvalue weighted by molar-refractivity contribution is -0.159. The smallest absolute Gasteiger partial charge is 0.330 e. The minimum atomic E-state index is -1.71. The van der Waals surface area contributed by atoms with E-state index in [1.807, 2.05) is 23.8 Å². The largest absolute Gasteiger partial charge is 0.479 e. The van der Waals surface area contributed by atoms with Gasteiger partial charge in [0.15, 0.2) is 5.78 Å². The summed E-state index contributed by atoms with van der Waals surface area (Å²) >= 11 is 8.85. The van der Waals surface area contributed by atoms with Crippen molar-refractivity contribution in [3.8, 4) is 0 Å². The molecule has 1 aliphatic rings. The molecule has 34 heavy (non-hydrogen) atoms. The van der Waals surface area contributed by atoms with Gasteiger partial charge in [0.25, 0.3) is 0 Å². The molecule has 9 heteroatoms. The molecule has 0 aliphatic carbocycles. The number of aryl methyl sites for hydroxylation is 1. The number of rotatable bonds is 7. The van der Waals surface area contributed by atoms with E-state index in [0.717, 1.165) is 10.4 Å². The molecule has 3 aromatic rings. The number of nitrogens with zero attached hydrogens (tertiary/aromatic N) is 1. The number of methoxy groups -OCH3 is 1. The van der Waals surface area contributed by atoms with Gasteiger partial charge in [-0.3, -0.25) is 9.59 Å². The summed E-state index contributed by atoms with van der Waals surface area (Å²) < 4.78 is 5.13. The van der Waals surface area contributed by atoms with Gasteiger partial charge in [-0.25, -0.2) is 4.79 Å². The average Bonchev–Trinajstić information content (AvgIpc) is 3.53. The van der Waals surface area contributed by atoms with Crippen molar-refractivity contribution in [1.29, 1.82) is 0 Å². The van der Waals surface area contributed by atoms with Crippen molar-refractivity contribution >= 4 is 51.9 Å². The predicted molar refractivity (Wildman–Crippen MR) is 133 cm³/mol. The van der Waals surface area contributed by atoms with Crippen LogP contribution in [0.3, 0.4) is 0 Å². The van der Waals surface area contributed by atoms with Crippen molar-refractivity contribution in [2.45, 2.75) is 31.3 Å². The third-order valence-electron chi connectivity index (χ3n) is 6.52. The average molecular weight is 518 g/mol. The number of hydrogen-bond acceptors (Lipinski definition) is 6. The highest BCUT2D eigenvalue weighted by Gasteiger charge is 2.65. The number of carboxylic acids is 1. The maximum Gasteiger partial charge on any atom is 0.330 e. The van der Waals surface area contributed by atoms with Crippen molar-refractivity contribution in [2.24, 2.45) is 5.92 Å². The van der Waals surface area contributed by atoms with Crippen LogP contribution in [0.4, 0.5) is 0 Å². The quantitative estimate of drug-likeness (QED) is 0.423. The highest BCUT2D eigenvalue weighted by molar-refractivity contribution is 7.12. The number of Topliss-reactive ketones (excluding diaryl/α,β-unsaturated/α-hetero) is 1. The standard InChI is InChI=1S/C25H24ClNO5S2/c1-14-10-12-34-23(14)21-19(22(29)17-5-4-11-33-17)20(15-6-8-16(26)9-7-15)25(2,24(30)31)27(21)18(28)13-32-3/h4-12,19-21H,13H2,1-3H3,(H,30,31). The third-order valence-corrected chi connectivity index (χ3v) is 8.75. The molecule has 178 valence electrons. The Kier molecular flexibility index (Phi) is 6.96.